The normalized spacial score (nSPS) is 12.3. The molecule has 0 aliphatic rings. The first kappa shape index (κ1) is 19.4. The lowest BCUT2D eigenvalue weighted by atomic mass is 10.1. The van der Waals surface area contributed by atoms with Gasteiger partial charge in [-0.25, -0.2) is 0 Å². The first-order valence-corrected chi connectivity index (χ1v) is 7.87. The summed E-state index contributed by atoms with van der Waals surface area (Å²) in [5.74, 6) is 0.00585. The smallest absolute Gasteiger partial charge is 0.221 e. The molecule has 5 nitrogen and oxygen atoms in total. The second-order valence-corrected chi connectivity index (χ2v) is 5.12. The number of carbonyl (C=O) groups is 1. The molecule has 0 rings (SSSR count). The topological polar surface area (TPSA) is 70.6 Å². The van der Waals surface area contributed by atoms with Gasteiger partial charge in [-0.15, -0.1) is 0 Å². The van der Waals surface area contributed by atoms with Gasteiger partial charge in [0.05, 0.1) is 12.7 Å². The van der Waals surface area contributed by atoms with Crippen LogP contribution in [0.3, 0.4) is 0 Å². The molecule has 0 heterocycles. The number of carbonyl (C=O) groups excluding carboxylic acids is 1. The molecule has 0 aliphatic heterocycles. The Morgan fingerprint density at radius 3 is 2.60 bits per heavy atom. The van der Waals surface area contributed by atoms with Crippen LogP contribution < -0.4 is 10.6 Å². The zero-order valence-corrected chi connectivity index (χ0v) is 13.1. The lowest BCUT2D eigenvalue weighted by Gasteiger charge is -2.12. The lowest BCUT2D eigenvalue weighted by molar-refractivity contribution is -0.120. The van der Waals surface area contributed by atoms with Gasteiger partial charge in [0.25, 0.3) is 0 Å². The summed E-state index contributed by atoms with van der Waals surface area (Å²) >= 11 is 0. The largest absolute Gasteiger partial charge is 0.389 e. The van der Waals surface area contributed by atoms with E-state index in [1.807, 2.05) is 0 Å². The summed E-state index contributed by atoms with van der Waals surface area (Å²) in [6.45, 7) is 4.35. The molecule has 0 spiro atoms. The molecule has 0 fully saturated rings. The molecule has 0 aliphatic carbocycles. The number of aliphatic hydroxyl groups is 1. The maximum absolute atomic E-state index is 11.0. The molecule has 0 bridgehead atoms. The minimum Gasteiger partial charge on any atom is -0.389 e. The summed E-state index contributed by atoms with van der Waals surface area (Å²) < 4.78 is 5.43. The van der Waals surface area contributed by atoms with Gasteiger partial charge in [0.2, 0.25) is 5.91 Å². The first-order chi connectivity index (χ1) is 9.70. The summed E-state index contributed by atoms with van der Waals surface area (Å²) in [4.78, 5) is 11.0. The summed E-state index contributed by atoms with van der Waals surface area (Å²) in [6.07, 6.45) is 7.40. The number of hydrogen-bond donors (Lipinski definition) is 3. The average Bonchev–Trinajstić information content (AvgIpc) is 2.46. The molecular weight excluding hydrogens is 256 g/mol. The molecule has 1 unspecified atom stereocenters. The highest BCUT2D eigenvalue weighted by atomic mass is 16.5. The Labute approximate surface area is 123 Å². The third kappa shape index (κ3) is 13.8. The molecule has 120 valence electrons. The van der Waals surface area contributed by atoms with E-state index in [-0.39, 0.29) is 5.91 Å². The minimum atomic E-state index is -0.500. The number of nitrogens with one attached hydrogen (secondary N) is 2. The number of amides is 1. The van der Waals surface area contributed by atoms with Gasteiger partial charge in [0, 0.05) is 33.2 Å². The van der Waals surface area contributed by atoms with Crippen LogP contribution in [-0.2, 0) is 9.53 Å². The van der Waals surface area contributed by atoms with Crippen LogP contribution in [0.25, 0.3) is 0 Å². The molecule has 1 amide bonds. The van der Waals surface area contributed by atoms with Gasteiger partial charge in [-0.05, 0) is 6.42 Å². The van der Waals surface area contributed by atoms with E-state index in [0.29, 0.717) is 26.1 Å². The van der Waals surface area contributed by atoms with E-state index in [0.717, 1.165) is 13.0 Å². The monoisotopic (exact) mass is 288 g/mol. The van der Waals surface area contributed by atoms with Crippen molar-refractivity contribution in [2.24, 2.45) is 0 Å². The van der Waals surface area contributed by atoms with Gasteiger partial charge in [-0.2, -0.15) is 0 Å². The first-order valence-electron chi connectivity index (χ1n) is 7.87. The second-order valence-electron chi connectivity index (χ2n) is 5.12. The molecule has 0 saturated heterocycles. The van der Waals surface area contributed by atoms with Gasteiger partial charge < -0.3 is 20.5 Å². The highest BCUT2D eigenvalue weighted by molar-refractivity contribution is 5.75. The van der Waals surface area contributed by atoms with Gasteiger partial charge >= 0.3 is 0 Å². The highest BCUT2D eigenvalue weighted by Gasteiger charge is 2.04. The molecule has 0 saturated carbocycles. The van der Waals surface area contributed by atoms with Crippen LogP contribution >= 0.6 is 0 Å². The Bertz CT molecular complexity index is 225. The van der Waals surface area contributed by atoms with Gasteiger partial charge in [0.15, 0.2) is 0 Å². The molecule has 0 aromatic heterocycles. The predicted octanol–water partition coefficient (Wildman–Crippen LogP) is 1.45. The van der Waals surface area contributed by atoms with Crippen molar-refractivity contribution in [2.45, 2.75) is 58.0 Å². The van der Waals surface area contributed by atoms with E-state index in [1.54, 1.807) is 7.05 Å². The van der Waals surface area contributed by atoms with Crippen molar-refractivity contribution in [3.05, 3.63) is 0 Å². The van der Waals surface area contributed by atoms with E-state index < -0.39 is 6.10 Å². The van der Waals surface area contributed by atoms with Crippen molar-refractivity contribution >= 4 is 5.91 Å². The van der Waals surface area contributed by atoms with Crippen LogP contribution in [-0.4, -0.2) is 50.5 Å². The molecule has 1 atom stereocenters. The Balaban J connectivity index is 3.20. The quantitative estimate of drug-likeness (QED) is 0.423. The number of ether oxygens (including phenoxy) is 1. The molecule has 3 N–H and O–H groups in total. The highest BCUT2D eigenvalue weighted by Crippen LogP contribution is 2.04. The Morgan fingerprint density at radius 2 is 1.90 bits per heavy atom. The van der Waals surface area contributed by atoms with Gasteiger partial charge in [0.1, 0.15) is 0 Å². The molecule has 5 heteroatoms. The zero-order chi connectivity index (χ0) is 15.1. The minimum absolute atomic E-state index is 0.00585. The third-order valence-electron chi connectivity index (χ3n) is 3.14. The third-order valence-corrected chi connectivity index (χ3v) is 3.14. The molecule has 20 heavy (non-hydrogen) atoms. The molecule has 0 radical (unpaired) electrons. The van der Waals surface area contributed by atoms with E-state index in [2.05, 4.69) is 17.6 Å². The Kier molecular flexibility index (Phi) is 14.3. The van der Waals surface area contributed by atoms with Crippen molar-refractivity contribution in [1.82, 2.24) is 10.6 Å². The number of hydrogen-bond acceptors (Lipinski definition) is 4. The van der Waals surface area contributed by atoms with Crippen LogP contribution in [0.1, 0.15) is 51.9 Å². The van der Waals surface area contributed by atoms with E-state index >= 15 is 0 Å². The van der Waals surface area contributed by atoms with Crippen molar-refractivity contribution < 1.29 is 14.6 Å². The fraction of sp³-hybridized carbons (Fsp3) is 0.933. The second kappa shape index (κ2) is 14.8. The van der Waals surface area contributed by atoms with Crippen molar-refractivity contribution in [3.8, 4) is 0 Å². The average molecular weight is 288 g/mol. The zero-order valence-electron chi connectivity index (χ0n) is 13.1. The van der Waals surface area contributed by atoms with Crippen LogP contribution in [0.4, 0.5) is 0 Å². The number of unbranched alkanes of at least 4 members (excludes halogenated alkanes) is 5. The van der Waals surface area contributed by atoms with Crippen molar-refractivity contribution in [1.29, 1.82) is 0 Å². The Hall–Kier alpha value is -0.650. The van der Waals surface area contributed by atoms with Gasteiger partial charge in [-0.1, -0.05) is 39.0 Å². The maximum atomic E-state index is 11.0. The predicted molar refractivity (Wildman–Crippen MR) is 81.8 cm³/mol. The van der Waals surface area contributed by atoms with Crippen LogP contribution in [0.15, 0.2) is 0 Å². The van der Waals surface area contributed by atoms with E-state index in [9.17, 15) is 9.90 Å². The van der Waals surface area contributed by atoms with Gasteiger partial charge in [-0.3, -0.25) is 4.79 Å². The molecule has 0 aromatic carbocycles. The number of aliphatic hydroxyl groups excluding tert-OH is 1. The van der Waals surface area contributed by atoms with E-state index in [1.165, 1.54) is 32.1 Å². The molecular formula is C15H32N2O3. The summed E-state index contributed by atoms with van der Waals surface area (Å²) in [5.41, 5.74) is 0. The van der Waals surface area contributed by atoms with E-state index in [4.69, 9.17) is 4.74 Å². The lowest BCUT2D eigenvalue weighted by Crippen LogP contribution is -2.33. The van der Waals surface area contributed by atoms with Crippen molar-refractivity contribution in [3.63, 3.8) is 0 Å². The molecule has 0 aromatic rings. The summed E-state index contributed by atoms with van der Waals surface area (Å²) in [7, 11) is 1.62. The number of rotatable bonds is 14. The maximum Gasteiger partial charge on any atom is 0.221 e. The fourth-order valence-corrected chi connectivity index (χ4v) is 1.86. The SMILES string of the molecule is CCCCCCCCOCC(O)CNCCC(=O)NC. The summed E-state index contributed by atoms with van der Waals surface area (Å²) in [6, 6.07) is 0. The Morgan fingerprint density at radius 1 is 1.20 bits per heavy atom. The van der Waals surface area contributed by atoms with Crippen LogP contribution in [0.5, 0.6) is 0 Å². The van der Waals surface area contributed by atoms with Crippen LogP contribution in [0.2, 0.25) is 0 Å². The fourth-order valence-electron chi connectivity index (χ4n) is 1.86. The summed E-state index contributed by atoms with van der Waals surface area (Å²) in [5, 5.41) is 15.2. The standard InChI is InChI=1S/C15H32N2O3/c1-3-4-5-6-7-8-11-20-13-14(18)12-17-10-9-15(19)16-2/h14,17-18H,3-13H2,1-2H3,(H,16,19). The van der Waals surface area contributed by atoms with Crippen LogP contribution in [0, 0.1) is 0 Å². The van der Waals surface area contributed by atoms with Crippen molar-refractivity contribution in [2.75, 3.05) is 33.4 Å².